The van der Waals surface area contributed by atoms with Crippen LogP contribution in [0.3, 0.4) is 0 Å². The van der Waals surface area contributed by atoms with Crippen LogP contribution in [0, 0.1) is 5.82 Å². The van der Waals surface area contributed by atoms with Crippen LogP contribution in [0.2, 0.25) is 5.02 Å². The number of carbonyl (C=O) groups excluding carboxylic acids is 1. The van der Waals surface area contributed by atoms with Crippen molar-refractivity contribution in [1.29, 1.82) is 0 Å². The lowest BCUT2D eigenvalue weighted by Gasteiger charge is -2.25. The topological polar surface area (TPSA) is 88.6 Å². The van der Waals surface area contributed by atoms with Gasteiger partial charge in [0.1, 0.15) is 29.8 Å². The summed E-state index contributed by atoms with van der Waals surface area (Å²) >= 11 is 5.93. The highest BCUT2D eigenvalue weighted by Crippen LogP contribution is 2.35. The monoisotopic (exact) mass is 499 g/mol. The minimum Gasteiger partial charge on any atom is -0.488 e. The fourth-order valence-electron chi connectivity index (χ4n) is 3.61. The fraction of sp³-hybridized carbons (Fsp3) is 0.320. The van der Waals surface area contributed by atoms with Gasteiger partial charge in [-0.25, -0.2) is 14.4 Å². The number of fused-ring (bicyclic) bond motifs is 1. The van der Waals surface area contributed by atoms with E-state index in [9.17, 15) is 9.18 Å². The maximum Gasteiger partial charge on any atom is 0.248 e. The number of aromatic nitrogens is 2. The first-order valence-electron chi connectivity index (χ1n) is 11.3. The molecule has 2 heterocycles. The number of rotatable bonds is 8. The first-order chi connectivity index (χ1) is 16.9. The Labute approximate surface area is 208 Å². The minimum absolute atomic E-state index is 0.00188. The molecule has 10 heteroatoms. The second-order valence-electron chi connectivity index (χ2n) is 8.43. The van der Waals surface area contributed by atoms with Crippen LogP contribution >= 0.6 is 11.6 Å². The third-order valence-electron chi connectivity index (χ3n) is 5.38. The van der Waals surface area contributed by atoms with Gasteiger partial charge in [0.2, 0.25) is 5.91 Å². The van der Waals surface area contributed by atoms with E-state index >= 15 is 0 Å². The molecule has 2 N–H and O–H groups in total. The van der Waals surface area contributed by atoms with Crippen molar-refractivity contribution in [3.63, 3.8) is 0 Å². The Balaban J connectivity index is 1.68. The molecule has 1 aliphatic heterocycles. The van der Waals surface area contributed by atoms with Crippen LogP contribution in [0.25, 0.3) is 10.9 Å². The normalized spacial score (nSPS) is 14.5. The maximum atomic E-state index is 13.6. The van der Waals surface area contributed by atoms with E-state index < -0.39 is 5.82 Å². The molecule has 1 aromatic heterocycles. The molecule has 0 spiro atoms. The van der Waals surface area contributed by atoms with Crippen LogP contribution < -0.4 is 15.4 Å². The predicted octanol–water partition coefficient (Wildman–Crippen LogP) is 4.78. The molecule has 0 bridgehead atoms. The predicted molar refractivity (Wildman–Crippen MR) is 135 cm³/mol. The number of likely N-dealkylation sites (N-methyl/N-ethyl adjacent to an activating group) is 1. The zero-order valence-corrected chi connectivity index (χ0v) is 20.3. The van der Waals surface area contributed by atoms with Gasteiger partial charge in [0.15, 0.2) is 0 Å². The molecule has 1 fully saturated rings. The minimum atomic E-state index is -0.507. The molecule has 4 rings (SSSR count). The number of amides is 1. The summed E-state index contributed by atoms with van der Waals surface area (Å²) in [6.07, 6.45) is 6.19. The number of hydrogen-bond acceptors (Lipinski definition) is 7. The van der Waals surface area contributed by atoms with Crippen LogP contribution in [0.1, 0.15) is 12.8 Å². The molecule has 184 valence electrons. The van der Waals surface area contributed by atoms with Gasteiger partial charge in [0.25, 0.3) is 0 Å². The molecule has 3 aromatic rings. The van der Waals surface area contributed by atoms with Crippen LogP contribution in [0.4, 0.5) is 21.6 Å². The summed E-state index contributed by atoms with van der Waals surface area (Å²) in [5, 5.41) is 6.72. The highest BCUT2D eigenvalue weighted by atomic mass is 35.5. The number of benzene rings is 2. The molecule has 0 saturated carbocycles. The first-order valence-corrected chi connectivity index (χ1v) is 11.6. The number of ether oxygens (including phenoxy) is 2. The van der Waals surface area contributed by atoms with Crippen molar-refractivity contribution in [3.8, 4) is 5.75 Å². The van der Waals surface area contributed by atoms with Crippen LogP contribution in [0.15, 0.2) is 48.8 Å². The quantitative estimate of drug-likeness (QED) is 0.431. The maximum absolute atomic E-state index is 13.6. The Bertz CT molecular complexity index is 1230. The van der Waals surface area contributed by atoms with Gasteiger partial charge < -0.3 is 25.0 Å². The SMILES string of the molecule is CN(C)CC=CC(=O)Nc1cc2c(Nc3ccc(F)c(Cl)c3)ncnc2cc1OC1CCOCC1. The zero-order chi connectivity index (χ0) is 24.8. The third kappa shape index (κ3) is 6.66. The lowest BCUT2D eigenvalue weighted by molar-refractivity contribution is -0.111. The van der Waals surface area contributed by atoms with Gasteiger partial charge in [-0.05, 0) is 38.4 Å². The van der Waals surface area contributed by atoms with E-state index in [1.807, 2.05) is 19.0 Å². The van der Waals surface area contributed by atoms with Gasteiger partial charge in [0.05, 0.1) is 29.4 Å². The van der Waals surface area contributed by atoms with Crippen molar-refractivity contribution in [1.82, 2.24) is 14.9 Å². The molecule has 8 nitrogen and oxygen atoms in total. The Morgan fingerprint density at radius 1 is 1.26 bits per heavy atom. The molecule has 2 aromatic carbocycles. The Hall–Kier alpha value is -3.27. The molecular weight excluding hydrogens is 473 g/mol. The van der Waals surface area contributed by atoms with E-state index in [0.29, 0.717) is 53.6 Å². The van der Waals surface area contributed by atoms with Gasteiger partial charge in [-0.15, -0.1) is 0 Å². The number of halogens is 2. The molecule has 0 aliphatic carbocycles. The highest BCUT2D eigenvalue weighted by Gasteiger charge is 2.19. The van der Waals surface area contributed by atoms with Crippen molar-refractivity contribution in [2.75, 3.05) is 44.5 Å². The molecule has 0 radical (unpaired) electrons. The standard InChI is InChI=1S/C25H27ClFN5O3/c1-32(2)9-3-4-24(33)31-22-13-18-21(14-23(22)35-17-7-10-34-11-8-17)28-15-29-25(18)30-16-5-6-20(27)19(26)12-16/h3-6,12-15,17H,7-11H2,1-2H3,(H,31,33)(H,28,29,30). The number of hydrogen-bond donors (Lipinski definition) is 2. The van der Waals surface area contributed by atoms with Crippen LogP contribution in [0.5, 0.6) is 5.75 Å². The highest BCUT2D eigenvalue weighted by molar-refractivity contribution is 6.31. The smallest absolute Gasteiger partial charge is 0.248 e. The molecule has 1 amide bonds. The number of nitrogens with one attached hydrogen (secondary N) is 2. The zero-order valence-electron chi connectivity index (χ0n) is 19.6. The van der Waals surface area contributed by atoms with Crippen molar-refractivity contribution < 1.29 is 18.7 Å². The summed E-state index contributed by atoms with van der Waals surface area (Å²) in [6.45, 7) is 1.89. The average Bonchev–Trinajstić information content (AvgIpc) is 2.82. The van der Waals surface area contributed by atoms with E-state index in [-0.39, 0.29) is 17.0 Å². The third-order valence-corrected chi connectivity index (χ3v) is 5.67. The van der Waals surface area contributed by atoms with Gasteiger partial charge in [-0.3, -0.25) is 4.79 Å². The molecule has 0 atom stereocenters. The van der Waals surface area contributed by atoms with E-state index in [1.165, 1.54) is 24.5 Å². The summed E-state index contributed by atoms with van der Waals surface area (Å²) in [6, 6.07) is 7.88. The molecule has 35 heavy (non-hydrogen) atoms. The largest absolute Gasteiger partial charge is 0.488 e. The molecule has 1 aliphatic rings. The number of nitrogens with zero attached hydrogens (tertiary/aromatic N) is 3. The first kappa shape index (κ1) is 24.8. The Morgan fingerprint density at radius 3 is 2.80 bits per heavy atom. The Morgan fingerprint density at radius 2 is 2.06 bits per heavy atom. The van der Waals surface area contributed by atoms with Crippen molar-refractivity contribution >= 4 is 45.6 Å². The Kier molecular flexibility index (Phi) is 8.12. The summed E-state index contributed by atoms with van der Waals surface area (Å²) in [7, 11) is 3.85. The second-order valence-corrected chi connectivity index (χ2v) is 8.83. The molecular formula is C25H27ClFN5O3. The lowest BCUT2D eigenvalue weighted by Crippen LogP contribution is -2.26. The summed E-state index contributed by atoms with van der Waals surface area (Å²) in [5.41, 5.74) is 1.69. The molecule has 1 saturated heterocycles. The van der Waals surface area contributed by atoms with Gasteiger partial charge in [-0.2, -0.15) is 0 Å². The van der Waals surface area contributed by atoms with Crippen molar-refractivity contribution in [3.05, 3.63) is 59.7 Å². The van der Waals surface area contributed by atoms with E-state index in [2.05, 4.69) is 20.6 Å². The summed E-state index contributed by atoms with van der Waals surface area (Å²) in [5.74, 6) is 0.217. The van der Waals surface area contributed by atoms with Crippen LogP contribution in [-0.4, -0.2) is 60.7 Å². The number of anilines is 3. The van der Waals surface area contributed by atoms with Gasteiger partial charge in [-0.1, -0.05) is 17.7 Å². The van der Waals surface area contributed by atoms with Gasteiger partial charge in [0, 0.05) is 42.6 Å². The van der Waals surface area contributed by atoms with Gasteiger partial charge >= 0.3 is 0 Å². The summed E-state index contributed by atoms with van der Waals surface area (Å²) < 4.78 is 25.3. The summed E-state index contributed by atoms with van der Waals surface area (Å²) in [4.78, 5) is 23.3. The molecule has 0 unspecified atom stereocenters. The van der Waals surface area contributed by atoms with E-state index in [1.54, 1.807) is 24.3 Å². The van der Waals surface area contributed by atoms with Crippen molar-refractivity contribution in [2.45, 2.75) is 18.9 Å². The van der Waals surface area contributed by atoms with Crippen LogP contribution in [-0.2, 0) is 9.53 Å². The van der Waals surface area contributed by atoms with E-state index in [0.717, 1.165) is 12.8 Å². The number of carbonyl (C=O) groups is 1. The second kappa shape index (κ2) is 11.4. The van der Waals surface area contributed by atoms with Crippen molar-refractivity contribution in [2.24, 2.45) is 0 Å². The fourth-order valence-corrected chi connectivity index (χ4v) is 3.79. The lowest BCUT2D eigenvalue weighted by atomic mass is 10.1. The van der Waals surface area contributed by atoms with E-state index in [4.69, 9.17) is 21.1 Å². The average molecular weight is 500 g/mol.